The van der Waals surface area contributed by atoms with Gasteiger partial charge in [0.2, 0.25) is 11.8 Å². The third-order valence-electron chi connectivity index (χ3n) is 4.03. The van der Waals surface area contributed by atoms with Gasteiger partial charge in [-0.25, -0.2) is 0 Å². The lowest BCUT2D eigenvalue weighted by molar-refractivity contribution is -0.141. The van der Waals surface area contributed by atoms with Crippen molar-refractivity contribution in [1.82, 2.24) is 9.47 Å². The molecule has 132 valence electrons. The van der Waals surface area contributed by atoms with Crippen LogP contribution in [0.4, 0.5) is 0 Å². The Morgan fingerprint density at radius 3 is 2.68 bits per heavy atom. The number of thiazole rings is 1. The number of rotatable bonds is 5. The summed E-state index contributed by atoms with van der Waals surface area (Å²) in [5, 5.41) is 0. The van der Waals surface area contributed by atoms with Crippen molar-refractivity contribution in [2.75, 3.05) is 18.6 Å². The number of aromatic nitrogens is 1. The number of aryl methyl sites for hydroxylation is 2. The Bertz CT molecular complexity index is 897. The number of benzene rings is 1. The quantitative estimate of drug-likeness (QED) is 0.747. The van der Waals surface area contributed by atoms with Gasteiger partial charge in [0.05, 0.1) is 10.2 Å². The third-order valence-corrected chi connectivity index (χ3v) is 5.66. The van der Waals surface area contributed by atoms with Crippen molar-refractivity contribution < 1.29 is 14.4 Å². The van der Waals surface area contributed by atoms with Crippen molar-refractivity contribution >= 4 is 51.0 Å². The molecule has 1 aliphatic rings. The molecule has 3 amide bonds. The lowest BCUT2D eigenvalue weighted by Crippen LogP contribution is -2.34. The minimum absolute atomic E-state index is 0.183. The highest BCUT2D eigenvalue weighted by Gasteiger charge is 2.30. The van der Waals surface area contributed by atoms with Gasteiger partial charge in [-0.1, -0.05) is 17.4 Å². The molecule has 0 unspecified atom stereocenters. The monoisotopic (exact) mass is 377 g/mol. The number of hydrogen-bond donors (Lipinski definition) is 0. The second kappa shape index (κ2) is 7.53. The van der Waals surface area contributed by atoms with Gasteiger partial charge < -0.3 is 4.57 Å². The molecule has 0 atom stereocenters. The van der Waals surface area contributed by atoms with E-state index in [0.29, 0.717) is 4.80 Å². The van der Waals surface area contributed by atoms with Crippen LogP contribution in [0.25, 0.3) is 10.2 Å². The van der Waals surface area contributed by atoms with E-state index >= 15 is 0 Å². The summed E-state index contributed by atoms with van der Waals surface area (Å²) in [6.45, 7) is 2.50. The molecule has 0 bridgehead atoms. The van der Waals surface area contributed by atoms with E-state index in [2.05, 4.69) is 11.1 Å². The van der Waals surface area contributed by atoms with Crippen LogP contribution >= 0.6 is 23.1 Å². The van der Waals surface area contributed by atoms with Crippen LogP contribution in [-0.4, -0.2) is 45.7 Å². The molecule has 25 heavy (non-hydrogen) atoms. The van der Waals surface area contributed by atoms with Crippen molar-refractivity contribution in [1.29, 1.82) is 0 Å². The summed E-state index contributed by atoms with van der Waals surface area (Å²) in [5.41, 5.74) is 2.20. The van der Waals surface area contributed by atoms with Gasteiger partial charge in [0, 0.05) is 25.1 Å². The van der Waals surface area contributed by atoms with Crippen LogP contribution < -0.4 is 4.80 Å². The first-order valence-electron chi connectivity index (χ1n) is 7.99. The standard InChI is InChI=1S/C17H19N3O3S2/c1-11-3-4-12-13(9-11)25-17(19(12)7-8-24-2)18-14(21)10-20-15(22)5-6-16(20)23/h3-4,9H,5-8,10H2,1-2H3. The van der Waals surface area contributed by atoms with Gasteiger partial charge in [-0.3, -0.25) is 19.3 Å². The molecule has 1 saturated heterocycles. The molecule has 0 radical (unpaired) electrons. The lowest BCUT2D eigenvalue weighted by Gasteiger charge is -2.10. The Morgan fingerprint density at radius 1 is 1.28 bits per heavy atom. The Morgan fingerprint density at radius 2 is 2.00 bits per heavy atom. The molecule has 2 heterocycles. The Kier molecular flexibility index (Phi) is 5.39. The maximum atomic E-state index is 12.3. The van der Waals surface area contributed by atoms with Gasteiger partial charge in [-0.15, -0.1) is 0 Å². The van der Waals surface area contributed by atoms with Gasteiger partial charge in [-0.05, 0) is 30.9 Å². The number of carbonyl (C=O) groups excluding carboxylic acids is 3. The minimum Gasteiger partial charge on any atom is -0.316 e. The second-order valence-electron chi connectivity index (χ2n) is 5.88. The largest absolute Gasteiger partial charge is 0.316 e. The summed E-state index contributed by atoms with van der Waals surface area (Å²) in [6.07, 6.45) is 2.40. The molecule has 2 aromatic rings. The maximum Gasteiger partial charge on any atom is 0.268 e. The number of carbonyl (C=O) groups is 3. The van der Waals surface area contributed by atoms with E-state index in [1.54, 1.807) is 11.8 Å². The van der Waals surface area contributed by atoms with Gasteiger partial charge in [0.25, 0.3) is 5.91 Å². The van der Waals surface area contributed by atoms with Crippen molar-refractivity contribution in [3.63, 3.8) is 0 Å². The van der Waals surface area contributed by atoms with Crippen LogP contribution in [0.15, 0.2) is 23.2 Å². The smallest absolute Gasteiger partial charge is 0.268 e. The zero-order chi connectivity index (χ0) is 18.0. The van der Waals surface area contributed by atoms with Gasteiger partial charge in [-0.2, -0.15) is 16.8 Å². The topological polar surface area (TPSA) is 71.7 Å². The molecule has 1 aromatic heterocycles. The molecular weight excluding hydrogens is 358 g/mol. The van der Waals surface area contributed by atoms with Crippen LogP contribution in [0.1, 0.15) is 18.4 Å². The van der Waals surface area contributed by atoms with E-state index in [1.165, 1.54) is 11.3 Å². The van der Waals surface area contributed by atoms with Gasteiger partial charge in [0.1, 0.15) is 6.54 Å². The summed E-state index contributed by atoms with van der Waals surface area (Å²) >= 11 is 3.18. The molecule has 0 aliphatic carbocycles. The second-order valence-corrected chi connectivity index (χ2v) is 7.87. The first-order valence-corrected chi connectivity index (χ1v) is 10.2. The number of fused-ring (bicyclic) bond motifs is 1. The van der Waals surface area contributed by atoms with E-state index in [9.17, 15) is 14.4 Å². The molecule has 0 N–H and O–H groups in total. The number of likely N-dealkylation sites (tertiary alicyclic amines) is 1. The average molecular weight is 377 g/mol. The molecule has 1 aliphatic heterocycles. The zero-order valence-corrected chi connectivity index (χ0v) is 15.8. The maximum absolute atomic E-state index is 12.3. The number of imide groups is 1. The van der Waals surface area contributed by atoms with Crippen LogP contribution in [0.3, 0.4) is 0 Å². The molecule has 3 rings (SSSR count). The summed E-state index contributed by atoms with van der Waals surface area (Å²) < 4.78 is 3.10. The summed E-state index contributed by atoms with van der Waals surface area (Å²) in [5.74, 6) is -0.152. The molecule has 6 nitrogen and oxygen atoms in total. The summed E-state index contributed by atoms with van der Waals surface area (Å²) in [6, 6.07) is 6.16. The fraction of sp³-hybridized carbons (Fsp3) is 0.412. The fourth-order valence-corrected chi connectivity index (χ4v) is 4.28. The average Bonchev–Trinajstić information content (AvgIpc) is 3.06. The van der Waals surface area contributed by atoms with E-state index < -0.39 is 5.91 Å². The normalized spacial score (nSPS) is 15.6. The summed E-state index contributed by atoms with van der Waals surface area (Å²) in [4.78, 5) is 41.5. The first kappa shape index (κ1) is 17.9. The predicted molar refractivity (Wildman–Crippen MR) is 99.5 cm³/mol. The molecular formula is C17H19N3O3S2. The van der Waals surface area contributed by atoms with Crippen LogP contribution in [-0.2, 0) is 20.9 Å². The number of nitrogens with zero attached hydrogens (tertiary/aromatic N) is 3. The first-order chi connectivity index (χ1) is 12.0. The third kappa shape index (κ3) is 3.85. The predicted octanol–water partition coefficient (Wildman–Crippen LogP) is 1.95. The highest BCUT2D eigenvalue weighted by Crippen LogP contribution is 2.19. The van der Waals surface area contributed by atoms with Crippen molar-refractivity contribution in [2.24, 2.45) is 4.99 Å². The van der Waals surface area contributed by atoms with Gasteiger partial charge in [0.15, 0.2) is 4.80 Å². The minimum atomic E-state index is -0.468. The molecule has 1 fully saturated rings. The lowest BCUT2D eigenvalue weighted by atomic mass is 10.2. The molecule has 0 saturated carbocycles. The van der Waals surface area contributed by atoms with Crippen LogP contribution in [0.2, 0.25) is 0 Å². The van der Waals surface area contributed by atoms with Crippen molar-refractivity contribution in [2.45, 2.75) is 26.3 Å². The zero-order valence-electron chi connectivity index (χ0n) is 14.2. The number of hydrogen-bond acceptors (Lipinski definition) is 5. The Balaban J connectivity index is 1.95. The number of amides is 3. The highest BCUT2D eigenvalue weighted by molar-refractivity contribution is 7.98. The van der Waals surface area contributed by atoms with E-state index in [0.717, 1.165) is 33.0 Å². The van der Waals surface area contributed by atoms with Gasteiger partial charge >= 0.3 is 0 Å². The van der Waals surface area contributed by atoms with Crippen molar-refractivity contribution in [3.05, 3.63) is 28.6 Å². The van der Waals surface area contributed by atoms with E-state index in [-0.39, 0.29) is 31.2 Å². The number of thioether (sulfide) groups is 1. The SMILES string of the molecule is CSCCn1c(=NC(=O)CN2C(=O)CCC2=O)sc2cc(C)ccc21. The van der Waals surface area contributed by atoms with E-state index in [4.69, 9.17) is 0 Å². The molecule has 1 aromatic carbocycles. The Labute approximate surface area is 153 Å². The van der Waals surface area contributed by atoms with Crippen molar-refractivity contribution in [3.8, 4) is 0 Å². The highest BCUT2D eigenvalue weighted by atomic mass is 32.2. The van der Waals surface area contributed by atoms with Crippen LogP contribution in [0, 0.1) is 6.92 Å². The Hall–Kier alpha value is -1.93. The molecule has 0 spiro atoms. The molecule has 8 heteroatoms. The van der Waals surface area contributed by atoms with Crippen LogP contribution in [0.5, 0.6) is 0 Å². The van der Waals surface area contributed by atoms with E-state index in [1.807, 2.05) is 29.9 Å². The summed E-state index contributed by atoms with van der Waals surface area (Å²) in [7, 11) is 0. The fourth-order valence-electron chi connectivity index (χ4n) is 2.74.